The van der Waals surface area contributed by atoms with Crippen molar-refractivity contribution in [3.63, 3.8) is 0 Å². The monoisotopic (exact) mass is 793 g/mol. The molecule has 0 aromatic carbocycles. The van der Waals surface area contributed by atoms with Gasteiger partial charge in [-0.05, 0) is 25.2 Å². The summed E-state index contributed by atoms with van der Waals surface area (Å²) < 4.78 is 16.7. The first-order chi connectivity index (χ1) is 27.4. The third-order valence-electron chi connectivity index (χ3n) is 11.7. The van der Waals surface area contributed by atoms with E-state index in [9.17, 15) is 14.4 Å². The molecule has 6 nitrogen and oxygen atoms in total. The lowest BCUT2D eigenvalue weighted by Gasteiger charge is -2.18. The minimum Gasteiger partial charge on any atom is -0.462 e. The summed E-state index contributed by atoms with van der Waals surface area (Å²) in [6.45, 7) is 8.96. The van der Waals surface area contributed by atoms with Gasteiger partial charge in [0, 0.05) is 19.3 Å². The maximum Gasteiger partial charge on any atom is 0.306 e. The van der Waals surface area contributed by atoms with E-state index in [0.29, 0.717) is 19.3 Å². The average Bonchev–Trinajstić information content (AvgIpc) is 3.19. The van der Waals surface area contributed by atoms with Gasteiger partial charge in [-0.1, -0.05) is 240 Å². The lowest BCUT2D eigenvalue weighted by atomic mass is 9.99. The largest absolute Gasteiger partial charge is 0.462 e. The van der Waals surface area contributed by atoms with Crippen LogP contribution in [0.2, 0.25) is 0 Å². The number of esters is 3. The predicted octanol–water partition coefficient (Wildman–Crippen LogP) is 15.9. The van der Waals surface area contributed by atoms with Crippen molar-refractivity contribution < 1.29 is 28.6 Å². The highest BCUT2D eigenvalue weighted by Gasteiger charge is 2.19. The van der Waals surface area contributed by atoms with Crippen LogP contribution in [0.5, 0.6) is 0 Å². The van der Waals surface area contributed by atoms with Crippen molar-refractivity contribution in [3.05, 3.63) is 0 Å². The number of unbranched alkanes of at least 4 members (excludes halogenated alkanes) is 31. The summed E-state index contributed by atoms with van der Waals surface area (Å²) in [5.74, 6) is 0.00574. The first-order valence-corrected chi connectivity index (χ1v) is 24.9. The normalized spacial score (nSPS) is 12.4. The van der Waals surface area contributed by atoms with Gasteiger partial charge in [0.15, 0.2) is 6.10 Å². The number of carbonyl (C=O) groups is 3. The Labute approximate surface area is 348 Å². The van der Waals surface area contributed by atoms with Crippen LogP contribution in [0, 0.1) is 5.92 Å². The number of rotatable bonds is 45. The molecule has 1 unspecified atom stereocenters. The molecular formula is C50H96O6. The molecule has 0 aromatic heterocycles. The Hall–Kier alpha value is -1.59. The van der Waals surface area contributed by atoms with Gasteiger partial charge in [0.05, 0.1) is 0 Å². The highest BCUT2D eigenvalue weighted by atomic mass is 16.6. The minimum atomic E-state index is -0.758. The summed E-state index contributed by atoms with van der Waals surface area (Å²) in [7, 11) is 0. The van der Waals surface area contributed by atoms with Gasteiger partial charge in [-0.3, -0.25) is 14.4 Å². The second-order valence-electron chi connectivity index (χ2n) is 17.3. The van der Waals surface area contributed by atoms with Gasteiger partial charge in [-0.25, -0.2) is 0 Å². The molecule has 6 heteroatoms. The van der Waals surface area contributed by atoms with Gasteiger partial charge in [0.25, 0.3) is 0 Å². The average molecular weight is 793 g/mol. The second-order valence-corrected chi connectivity index (χ2v) is 17.3. The van der Waals surface area contributed by atoms with E-state index in [-0.39, 0.29) is 31.1 Å². The summed E-state index contributed by atoms with van der Waals surface area (Å²) in [5.41, 5.74) is 0. The Morgan fingerprint density at radius 2 is 0.625 bits per heavy atom. The predicted molar refractivity (Wildman–Crippen MR) is 238 cm³/mol. The lowest BCUT2D eigenvalue weighted by Crippen LogP contribution is -2.30. The van der Waals surface area contributed by atoms with E-state index < -0.39 is 6.10 Å². The fraction of sp³-hybridized carbons (Fsp3) is 0.940. The molecule has 0 saturated carbocycles. The maximum atomic E-state index is 12.6. The third-order valence-corrected chi connectivity index (χ3v) is 11.7. The molecule has 0 aliphatic carbocycles. The Bertz CT molecular complexity index is 843. The second kappa shape index (κ2) is 44.5. The molecule has 0 aromatic rings. The van der Waals surface area contributed by atoms with E-state index in [1.54, 1.807) is 0 Å². The van der Waals surface area contributed by atoms with E-state index in [0.717, 1.165) is 70.1 Å². The van der Waals surface area contributed by atoms with Gasteiger partial charge in [-0.15, -0.1) is 0 Å². The molecule has 0 N–H and O–H groups in total. The van der Waals surface area contributed by atoms with E-state index in [2.05, 4.69) is 27.7 Å². The van der Waals surface area contributed by atoms with Gasteiger partial charge < -0.3 is 14.2 Å². The highest BCUT2D eigenvalue weighted by molar-refractivity contribution is 5.71. The van der Waals surface area contributed by atoms with E-state index >= 15 is 0 Å². The van der Waals surface area contributed by atoms with Gasteiger partial charge in [-0.2, -0.15) is 0 Å². The summed E-state index contributed by atoms with van der Waals surface area (Å²) in [5, 5.41) is 0. The molecule has 0 fully saturated rings. The molecule has 2 atom stereocenters. The van der Waals surface area contributed by atoms with Crippen LogP contribution in [0.1, 0.15) is 278 Å². The van der Waals surface area contributed by atoms with Crippen LogP contribution in [0.15, 0.2) is 0 Å². The van der Waals surface area contributed by atoms with Crippen molar-refractivity contribution >= 4 is 17.9 Å². The van der Waals surface area contributed by atoms with Crippen LogP contribution in [0.25, 0.3) is 0 Å². The SMILES string of the molecule is CCCCCCCCCCCCCCCCCCCCCC(=O)OC[C@@H](COC(=O)CCCCCCCCCCCCC(C)CC)OC(=O)CCCCCCC. The molecule has 0 rings (SSSR count). The molecule has 332 valence electrons. The zero-order valence-corrected chi connectivity index (χ0v) is 38.1. The quantitative estimate of drug-likeness (QED) is 0.0347. The first kappa shape index (κ1) is 54.4. The van der Waals surface area contributed by atoms with Gasteiger partial charge in [0.1, 0.15) is 13.2 Å². The maximum absolute atomic E-state index is 12.6. The zero-order valence-electron chi connectivity index (χ0n) is 38.1. The summed E-state index contributed by atoms with van der Waals surface area (Å²) >= 11 is 0. The van der Waals surface area contributed by atoms with E-state index in [1.165, 1.54) is 167 Å². The highest BCUT2D eigenvalue weighted by Crippen LogP contribution is 2.17. The van der Waals surface area contributed by atoms with Gasteiger partial charge >= 0.3 is 17.9 Å². The van der Waals surface area contributed by atoms with Crippen molar-refractivity contribution in [2.45, 2.75) is 284 Å². The van der Waals surface area contributed by atoms with E-state index in [4.69, 9.17) is 14.2 Å². The minimum absolute atomic E-state index is 0.0648. The molecule has 0 amide bonds. The van der Waals surface area contributed by atoms with Crippen LogP contribution in [-0.2, 0) is 28.6 Å². The smallest absolute Gasteiger partial charge is 0.306 e. The number of hydrogen-bond acceptors (Lipinski definition) is 6. The van der Waals surface area contributed by atoms with Crippen LogP contribution in [0.3, 0.4) is 0 Å². The van der Waals surface area contributed by atoms with Crippen molar-refractivity contribution in [2.24, 2.45) is 5.92 Å². The Morgan fingerprint density at radius 1 is 0.357 bits per heavy atom. The van der Waals surface area contributed by atoms with Crippen LogP contribution >= 0.6 is 0 Å². The number of carbonyl (C=O) groups excluding carboxylic acids is 3. The fourth-order valence-corrected chi connectivity index (χ4v) is 7.48. The topological polar surface area (TPSA) is 78.9 Å². The third kappa shape index (κ3) is 42.0. The molecule has 0 bridgehead atoms. The summed E-state index contributed by atoms with van der Waals surface area (Å²) in [6.07, 6.45) is 45.5. The Morgan fingerprint density at radius 3 is 0.929 bits per heavy atom. The zero-order chi connectivity index (χ0) is 41.0. The molecule has 0 spiro atoms. The molecular weight excluding hydrogens is 697 g/mol. The number of hydrogen-bond donors (Lipinski definition) is 0. The van der Waals surface area contributed by atoms with Crippen LogP contribution < -0.4 is 0 Å². The Kier molecular flexibility index (Phi) is 43.2. The Balaban J connectivity index is 4.06. The molecule has 0 radical (unpaired) electrons. The van der Waals surface area contributed by atoms with Crippen LogP contribution in [-0.4, -0.2) is 37.2 Å². The van der Waals surface area contributed by atoms with Crippen molar-refractivity contribution in [2.75, 3.05) is 13.2 Å². The van der Waals surface area contributed by atoms with Crippen molar-refractivity contribution in [1.29, 1.82) is 0 Å². The number of ether oxygens (including phenoxy) is 3. The fourth-order valence-electron chi connectivity index (χ4n) is 7.48. The van der Waals surface area contributed by atoms with E-state index in [1.807, 2.05) is 0 Å². The first-order valence-electron chi connectivity index (χ1n) is 24.9. The lowest BCUT2D eigenvalue weighted by molar-refractivity contribution is -0.167. The standard InChI is InChI=1S/C50H96O6/c1-5-8-10-12-13-14-15-16-17-18-19-20-21-22-23-27-30-34-37-41-48(51)54-44-47(56-50(53)43-39-32-11-9-6-2)45-55-49(52)42-38-35-31-28-25-24-26-29-33-36-40-46(4)7-3/h46-47H,5-45H2,1-4H3/t46?,47-/m0/s1. The molecule has 0 aliphatic heterocycles. The molecule has 0 saturated heterocycles. The van der Waals surface area contributed by atoms with Crippen molar-refractivity contribution in [3.8, 4) is 0 Å². The molecule has 56 heavy (non-hydrogen) atoms. The van der Waals surface area contributed by atoms with Crippen LogP contribution in [0.4, 0.5) is 0 Å². The van der Waals surface area contributed by atoms with Gasteiger partial charge in [0.2, 0.25) is 0 Å². The molecule has 0 aliphatic rings. The summed E-state index contributed by atoms with van der Waals surface area (Å²) in [6, 6.07) is 0. The van der Waals surface area contributed by atoms with Crippen molar-refractivity contribution in [1.82, 2.24) is 0 Å². The molecule has 0 heterocycles. The summed E-state index contributed by atoms with van der Waals surface area (Å²) in [4.78, 5) is 37.6.